The molecule has 10 nitrogen and oxygen atoms in total. The van der Waals surface area contributed by atoms with E-state index in [1.54, 1.807) is 18.2 Å². The van der Waals surface area contributed by atoms with Gasteiger partial charge in [-0.05, 0) is 24.1 Å². The Morgan fingerprint density at radius 3 is 2.72 bits per heavy atom. The summed E-state index contributed by atoms with van der Waals surface area (Å²) in [5, 5.41) is 15.7. The van der Waals surface area contributed by atoms with Crippen molar-refractivity contribution >= 4 is 35.0 Å². The number of benzene rings is 2. The van der Waals surface area contributed by atoms with Crippen LogP contribution in [0.3, 0.4) is 0 Å². The first-order chi connectivity index (χ1) is 15.6. The van der Waals surface area contributed by atoms with Crippen molar-refractivity contribution in [1.82, 2.24) is 14.9 Å². The van der Waals surface area contributed by atoms with E-state index in [0.29, 0.717) is 35.6 Å². The number of carbonyl (C=O) groups excluding carboxylic acids is 1. The molecule has 0 bridgehead atoms. The molecule has 0 fully saturated rings. The van der Waals surface area contributed by atoms with E-state index >= 15 is 0 Å². The number of hydrogen-bond donors (Lipinski definition) is 3. The van der Waals surface area contributed by atoms with Crippen LogP contribution < -0.4 is 26.1 Å². The van der Waals surface area contributed by atoms with Crippen LogP contribution in [0.25, 0.3) is 0 Å². The van der Waals surface area contributed by atoms with Crippen molar-refractivity contribution in [2.24, 2.45) is 5.10 Å². The predicted molar refractivity (Wildman–Crippen MR) is 124 cm³/mol. The Kier molecular flexibility index (Phi) is 6.75. The SMILES string of the molecule is CC/C(=N\Nc1nnc(SCC(=O)Nc2ccc3c(c2)OCCO3)n1N)c1ccccc1. The van der Waals surface area contributed by atoms with Gasteiger partial charge in [0.25, 0.3) is 5.95 Å². The van der Waals surface area contributed by atoms with Gasteiger partial charge >= 0.3 is 0 Å². The van der Waals surface area contributed by atoms with Crippen LogP contribution >= 0.6 is 11.8 Å². The number of ether oxygens (including phenoxy) is 2. The third kappa shape index (κ3) is 5.11. The molecule has 32 heavy (non-hydrogen) atoms. The van der Waals surface area contributed by atoms with E-state index in [0.717, 1.165) is 17.7 Å². The Morgan fingerprint density at radius 2 is 1.94 bits per heavy atom. The second kappa shape index (κ2) is 10.1. The largest absolute Gasteiger partial charge is 0.486 e. The number of thioether (sulfide) groups is 1. The molecule has 4 rings (SSSR count). The summed E-state index contributed by atoms with van der Waals surface area (Å²) in [7, 11) is 0. The van der Waals surface area contributed by atoms with Crippen molar-refractivity contribution in [2.45, 2.75) is 18.5 Å². The van der Waals surface area contributed by atoms with Crippen molar-refractivity contribution in [3.05, 3.63) is 54.1 Å². The van der Waals surface area contributed by atoms with Crippen LogP contribution in [0.4, 0.5) is 11.6 Å². The first-order valence-electron chi connectivity index (χ1n) is 10.0. The molecule has 11 heteroatoms. The van der Waals surface area contributed by atoms with Gasteiger partial charge in [-0.2, -0.15) is 5.10 Å². The van der Waals surface area contributed by atoms with Gasteiger partial charge in [-0.1, -0.05) is 49.0 Å². The van der Waals surface area contributed by atoms with Gasteiger partial charge in [-0.3, -0.25) is 4.79 Å². The molecule has 1 aliphatic heterocycles. The molecule has 1 aliphatic rings. The second-order valence-electron chi connectivity index (χ2n) is 6.76. The molecule has 0 unspecified atom stereocenters. The lowest BCUT2D eigenvalue weighted by Crippen LogP contribution is -2.18. The number of rotatable bonds is 8. The zero-order valence-electron chi connectivity index (χ0n) is 17.4. The summed E-state index contributed by atoms with van der Waals surface area (Å²) in [6.45, 7) is 3.02. The van der Waals surface area contributed by atoms with Gasteiger partial charge in [0.1, 0.15) is 13.2 Å². The smallest absolute Gasteiger partial charge is 0.264 e. The van der Waals surface area contributed by atoms with Crippen molar-refractivity contribution < 1.29 is 14.3 Å². The minimum Gasteiger partial charge on any atom is -0.486 e. The molecule has 1 amide bonds. The maximum atomic E-state index is 12.3. The van der Waals surface area contributed by atoms with Gasteiger partial charge in [0.2, 0.25) is 11.1 Å². The van der Waals surface area contributed by atoms with E-state index in [-0.39, 0.29) is 17.6 Å². The average Bonchev–Trinajstić information content (AvgIpc) is 3.18. The summed E-state index contributed by atoms with van der Waals surface area (Å²) in [6.07, 6.45) is 0.733. The maximum absolute atomic E-state index is 12.3. The normalized spacial score (nSPS) is 13.0. The quantitative estimate of drug-likeness (QED) is 0.206. The van der Waals surface area contributed by atoms with E-state index in [9.17, 15) is 4.79 Å². The molecule has 4 N–H and O–H groups in total. The Hall–Kier alpha value is -3.73. The van der Waals surface area contributed by atoms with Gasteiger partial charge in [0, 0.05) is 11.8 Å². The maximum Gasteiger partial charge on any atom is 0.264 e. The number of amides is 1. The molecule has 166 valence electrons. The Morgan fingerprint density at radius 1 is 1.16 bits per heavy atom. The summed E-state index contributed by atoms with van der Waals surface area (Å²) in [4.78, 5) is 12.3. The topological polar surface area (TPSA) is 129 Å². The predicted octanol–water partition coefficient (Wildman–Crippen LogP) is 2.72. The molecule has 0 saturated carbocycles. The number of hydrogen-bond acceptors (Lipinski definition) is 9. The van der Waals surface area contributed by atoms with Crippen LogP contribution in [0.5, 0.6) is 11.5 Å². The van der Waals surface area contributed by atoms with Crippen LogP contribution in [0, 0.1) is 0 Å². The van der Waals surface area contributed by atoms with E-state index in [1.165, 1.54) is 16.4 Å². The molecule has 0 spiro atoms. The van der Waals surface area contributed by atoms with Crippen molar-refractivity contribution in [2.75, 3.05) is 35.6 Å². The van der Waals surface area contributed by atoms with Crippen LogP contribution in [0.2, 0.25) is 0 Å². The summed E-state index contributed by atoms with van der Waals surface area (Å²) >= 11 is 1.17. The molecule has 0 saturated heterocycles. The van der Waals surface area contributed by atoms with E-state index < -0.39 is 0 Å². The standard InChI is InChI=1S/C21H23N7O3S/c1-2-16(14-6-4-3-5-7-14)24-25-20-26-27-21(28(20)22)32-13-19(29)23-15-8-9-17-18(12-15)31-11-10-30-17/h3-9,12H,2,10-11,13,22H2,1H3,(H,23,29)(H,25,26)/b24-16+. The number of nitrogens with one attached hydrogen (secondary N) is 2. The number of nitrogen functional groups attached to an aromatic ring is 1. The zero-order chi connectivity index (χ0) is 22.3. The highest BCUT2D eigenvalue weighted by Gasteiger charge is 2.15. The van der Waals surface area contributed by atoms with Crippen LogP contribution in [-0.2, 0) is 4.79 Å². The molecular formula is C21H23N7O3S. The van der Waals surface area contributed by atoms with E-state index in [1.807, 2.05) is 37.3 Å². The number of fused-ring (bicyclic) bond motifs is 1. The van der Waals surface area contributed by atoms with Gasteiger partial charge in [-0.15, -0.1) is 10.2 Å². The summed E-state index contributed by atoms with van der Waals surface area (Å²) in [5.74, 6) is 7.52. The van der Waals surface area contributed by atoms with Crippen LogP contribution in [-0.4, -0.2) is 45.5 Å². The molecule has 0 atom stereocenters. The molecule has 2 aromatic carbocycles. The van der Waals surface area contributed by atoms with Gasteiger partial charge in [0.05, 0.1) is 11.5 Å². The lowest BCUT2D eigenvalue weighted by atomic mass is 10.1. The number of anilines is 2. The fourth-order valence-electron chi connectivity index (χ4n) is 3.00. The molecule has 0 radical (unpaired) electrons. The third-order valence-corrected chi connectivity index (χ3v) is 5.50. The molecule has 3 aromatic rings. The Labute approximate surface area is 189 Å². The minimum absolute atomic E-state index is 0.108. The Bertz CT molecular complexity index is 1120. The fourth-order valence-corrected chi connectivity index (χ4v) is 3.65. The van der Waals surface area contributed by atoms with Gasteiger partial charge in [0.15, 0.2) is 11.5 Å². The molecular weight excluding hydrogens is 430 g/mol. The number of hydrazone groups is 1. The third-order valence-electron chi connectivity index (χ3n) is 4.56. The van der Waals surface area contributed by atoms with Crippen molar-refractivity contribution in [1.29, 1.82) is 0 Å². The van der Waals surface area contributed by atoms with E-state index in [2.05, 4.69) is 26.0 Å². The Balaban J connectivity index is 1.33. The first-order valence-corrected chi connectivity index (χ1v) is 11.0. The zero-order valence-corrected chi connectivity index (χ0v) is 18.3. The number of nitrogens with two attached hydrogens (primary N) is 1. The van der Waals surface area contributed by atoms with Crippen molar-refractivity contribution in [3.8, 4) is 11.5 Å². The monoisotopic (exact) mass is 453 g/mol. The lowest BCUT2D eigenvalue weighted by Gasteiger charge is -2.18. The fraction of sp³-hybridized carbons (Fsp3) is 0.238. The van der Waals surface area contributed by atoms with Gasteiger partial charge < -0.3 is 20.6 Å². The molecule has 2 heterocycles. The van der Waals surface area contributed by atoms with Gasteiger partial charge in [-0.25, -0.2) is 10.1 Å². The summed E-state index contributed by atoms with van der Waals surface area (Å²) in [6, 6.07) is 15.1. The average molecular weight is 454 g/mol. The number of nitrogens with zero attached hydrogens (tertiary/aromatic N) is 4. The van der Waals surface area contributed by atoms with Crippen LogP contribution in [0.15, 0.2) is 58.8 Å². The molecule has 0 aliphatic carbocycles. The number of carbonyl (C=O) groups is 1. The van der Waals surface area contributed by atoms with Crippen LogP contribution in [0.1, 0.15) is 18.9 Å². The summed E-state index contributed by atoms with van der Waals surface area (Å²) < 4.78 is 12.3. The highest BCUT2D eigenvalue weighted by molar-refractivity contribution is 7.99. The highest BCUT2D eigenvalue weighted by Crippen LogP contribution is 2.32. The lowest BCUT2D eigenvalue weighted by molar-refractivity contribution is -0.113. The summed E-state index contributed by atoms with van der Waals surface area (Å²) in [5.41, 5.74) is 5.35. The minimum atomic E-state index is -0.209. The second-order valence-corrected chi connectivity index (χ2v) is 7.70. The van der Waals surface area contributed by atoms with Crippen molar-refractivity contribution in [3.63, 3.8) is 0 Å². The highest BCUT2D eigenvalue weighted by atomic mass is 32.2. The first kappa shape index (κ1) is 21.5. The number of aromatic nitrogens is 3. The van der Waals surface area contributed by atoms with E-state index in [4.69, 9.17) is 15.3 Å². The molecule has 1 aromatic heterocycles.